The predicted octanol–water partition coefficient (Wildman–Crippen LogP) is 0.841. The Bertz CT molecular complexity index is 445. The van der Waals surface area contributed by atoms with Gasteiger partial charge in [-0.3, -0.25) is 4.79 Å². The molecule has 17 heavy (non-hydrogen) atoms. The van der Waals surface area contributed by atoms with Gasteiger partial charge in [0.15, 0.2) is 5.13 Å². The van der Waals surface area contributed by atoms with Gasteiger partial charge >= 0.3 is 11.9 Å². The van der Waals surface area contributed by atoms with Gasteiger partial charge in [-0.05, 0) is 6.42 Å². The highest BCUT2D eigenvalue weighted by Crippen LogP contribution is 2.28. The van der Waals surface area contributed by atoms with Gasteiger partial charge in [0, 0.05) is 13.1 Å². The lowest BCUT2D eigenvalue weighted by atomic mass is 10.1. The van der Waals surface area contributed by atoms with Crippen molar-refractivity contribution in [1.82, 2.24) is 4.98 Å². The maximum Gasteiger partial charge on any atom is 0.347 e. The molecule has 2 rings (SSSR count). The second-order valence-electron chi connectivity index (χ2n) is 3.77. The number of hydrogen-bond donors (Lipinski definition) is 1. The summed E-state index contributed by atoms with van der Waals surface area (Å²) in [5.41, 5.74) is 0. The third kappa shape index (κ3) is 2.38. The molecule has 0 spiro atoms. The summed E-state index contributed by atoms with van der Waals surface area (Å²) in [5.74, 6) is -1.34. The van der Waals surface area contributed by atoms with E-state index in [2.05, 4.69) is 9.72 Å². The molecule has 0 amide bonds. The fraction of sp³-hybridized carbons (Fsp3) is 0.500. The van der Waals surface area contributed by atoms with Crippen LogP contribution in [0.3, 0.4) is 0 Å². The molecule has 7 heteroatoms. The lowest BCUT2D eigenvalue weighted by Crippen LogP contribution is -2.23. The van der Waals surface area contributed by atoms with E-state index in [0.29, 0.717) is 24.6 Å². The number of carboxylic acid groups (broad SMARTS) is 1. The molecular weight excluding hydrogens is 244 g/mol. The summed E-state index contributed by atoms with van der Waals surface area (Å²) in [6, 6.07) is 0. The Balaban J connectivity index is 2.04. The minimum absolute atomic E-state index is 0.142. The van der Waals surface area contributed by atoms with Crippen LogP contribution in [0.5, 0.6) is 0 Å². The van der Waals surface area contributed by atoms with Crippen molar-refractivity contribution in [2.45, 2.75) is 6.42 Å². The van der Waals surface area contributed by atoms with Crippen LogP contribution in [0.25, 0.3) is 0 Å². The Kier molecular flexibility index (Phi) is 3.28. The lowest BCUT2D eigenvalue weighted by molar-refractivity contribution is -0.144. The SMILES string of the molecule is COC(=O)C1CCN(c2ncc(C(=O)O)s2)C1. The van der Waals surface area contributed by atoms with Crippen molar-refractivity contribution in [1.29, 1.82) is 0 Å². The Morgan fingerprint density at radius 2 is 2.41 bits per heavy atom. The van der Waals surface area contributed by atoms with E-state index in [0.717, 1.165) is 11.3 Å². The first-order valence-corrected chi connectivity index (χ1v) is 5.95. The molecule has 1 fully saturated rings. The molecule has 0 radical (unpaired) electrons. The summed E-state index contributed by atoms with van der Waals surface area (Å²) < 4.78 is 4.69. The van der Waals surface area contributed by atoms with Crippen LogP contribution in [0.15, 0.2) is 6.20 Å². The topological polar surface area (TPSA) is 79.7 Å². The predicted molar refractivity (Wildman–Crippen MR) is 61.4 cm³/mol. The average molecular weight is 256 g/mol. The van der Waals surface area contributed by atoms with Crippen molar-refractivity contribution < 1.29 is 19.4 Å². The molecule has 1 saturated heterocycles. The van der Waals surface area contributed by atoms with Crippen LogP contribution < -0.4 is 4.90 Å². The highest BCUT2D eigenvalue weighted by molar-refractivity contribution is 7.17. The Hall–Kier alpha value is -1.63. The number of ether oxygens (including phenoxy) is 1. The number of carboxylic acids is 1. The first-order valence-electron chi connectivity index (χ1n) is 5.13. The van der Waals surface area contributed by atoms with E-state index < -0.39 is 5.97 Å². The average Bonchev–Trinajstić information content (AvgIpc) is 2.95. The first kappa shape index (κ1) is 11.8. The van der Waals surface area contributed by atoms with Crippen molar-refractivity contribution in [3.63, 3.8) is 0 Å². The number of thiazole rings is 1. The first-order chi connectivity index (χ1) is 8.11. The maximum atomic E-state index is 11.3. The minimum Gasteiger partial charge on any atom is -0.477 e. The van der Waals surface area contributed by atoms with Crippen LogP contribution >= 0.6 is 11.3 Å². The zero-order chi connectivity index (χ0) is 12.4. The van der Waals surface area contributed by atoms with E-state index in [9.17, 15) is 9.59 Å². The molecule has 1 aromatic rings. The number of anilines is 1. The molecule has 2 heterocycles. The fourth-order valence-electron chi connectivity index (χ4n) is 1.80. The molecule has 1 N–H and O–H groups in total. The Morgan fingerprint density at radius 1 is 1.65 bits per heavy atom. The molecule has 6 nitrogen and oxygen atoms in total. The maximum absolute atomic E-state index is 11.3. The number of methoxy groups -OCH3 is 1. The monoisotopic (exact) mass is 256 g/mol. The highest BCUT2D eigenvalue weighted by atomic mass is 32.1. The fourth-order valence-corrected chi connectivity index (χ4v) is 2.59. The van der Waals surface area contributed by atoms with Gasteiger partial charge in [0.25, 0.3) is 0 Å². The molecule has 1 aliphatic rings. The van der Waals surface area contributed by atoms with Gasteiger partial charge in [0.2, 0.25) is 0 Å². The van der Waals surface area contributed by atoms with E-state index >= 15 is 0 Å². The van der Waals surface area contributed by atoms with Crippen LogP contribution in [0.1, 0.15) is 16.1 Å². The van der Waals surface area contributed by atoms with Gasteiger partial charge in [0.1, 0.15) is 4.88 Å². The van der Waals surface area contributed by atoms with Crippen molar-refractivity contribution in [3.05, 3.63) is 11.1 Å². The number of aromatic nitrogens is 1. The van der Waals surface area contributed by atoms with Gasteiger partial charge in [-0.25, -0.2) is 9.78 Å². The molecular formula is C10H12N2O4S. The van der Waals surface area contributed by atoms with Crippen LogP contribution in [0.2, 0.25) is 0 Å². The Labute approximate surface area is 102 Å². The number of hydrogen-bond acceptors (Lipinski definition) is 6. The summed E-state index contributed by atoms with van der Waals surface area (Å²) in [6.45, 7) is 1.24. The molecule has 0 bridgehead atoms. The summed E-state index contributed by atoms with van der Waals surface area (Å²) in [4.78, 5) is 28.2. The molecule has 1 unspecified atom stereocenters. The lowest BCUT2D eigenvalue weighted by Gasteiger charge is -2.13. The van der Waals surface area contributed by atoms with Crippen molar-refractivity contribution in [2.24, 2.45) is 5.92 Å². The zero-order valence-corrected chi connectivity index (χ0v) is 10.1. The van der Waals surface area contributed by atoms with E-state index in [1.165, 1.54) is 13.3 Å². The summed E-state index contributed by atoms with van der Waals surface area (Å²) in [7, 11) is 1.37. The number of aromatic carboxylic acids is 1. The van der Waals surface area contributed by atoms with E-state index in [1.807, 2.05) is 4.90 Å². The smallest absolute Gasteiger partial charge is 0.347 e. The molecule has 1 aliphatic heterocycles. The van der Waals surface area contributed by atoms with Gasteiger partial charge in [-0.1, -0.05) is 11.3 Å². The van der Waals surface area contributed by atoms with Crippen LogP contribution in [-0.4, -0.2) is 42.2 Å². The number of carbonyl (C=O) groups excluding carboxylic acids is 1. The van der Waals surface area contributed by atoms with Crippen molar-refractivity contribution in [3.8, 4) is 0 Å². The quantitative estimate of drug-likeness (QED) is 0.807. The number of nitrogens with zero attached hydrogens (tertiary/aromatic N) is 2. The molecule has 1 aromatic heterocycles. The third-order valence-electron chi connectivity index (χ3n) is 2.70. The van der Waals surface area contributed by atoms with Gasteiger partial charge in [-0.15, -0.1) is 0 Å². The second kappa shape index (κ2) is 4.70. The van der Waals surface area contributed by atoms with Gasteiger partial charge < -0.3 is 14.7 Å². The van der Waals surface area contributed by atoms with E-state index in [4.69, 9.17) is 5.11 Å². The van der Waals surface area contributed by atoms with Crippen molar-refractivity contribution in [2.75, 3.05) is 25.1 Å². The molecule has 1 atom stereocenters. The standard InChI is InChI=1S/C10H12N2O4S/c1-16-9(15)6-2-3-12(5-6)10-11-4-7(17-10)8(13)14/h4,6H,2-3,5H2,1H3,(H,13,14). The van der Waals surface area contributed by atoms with Crippen LogP contribution in [-0.2, 0) is 9.53 Å². The van der Waals surface area contributed by atoms with Gasteiger partial charge in [-0.2, -0.15) is 0 Å². The second-order valence-corrected chi connectivity index (χ2v) is 4.78. The largest absolute Gasteiger partial charge is 0.477 e. The molecule has 0 saturated carbocycles. The summed E-state index contributed by atoms with van der Waals surface area (Å²) in [6.07, 6.45) is 2.06. The summed E-state index contributed by atoms with van der Waals surface area (Å²) >= 11 is 1.12. The molecule has 92 valence electrons. The highest BCUT2D eigenvalue weighted by Gasteiger charge is 2.30. The zero-order valence-electron chi connectivity index (χ0n) is 9.25. The molecule has 0 aliphatic carbocycles. The van der Waals surface area contributed by atoms with Crippen LogP contribution in [0, 0.1) is 5.92 Å². The number of esters is 1. The van der Waals surface area contributed by atoms with E-state index in [1.54, 1.807) is 0 Å². The van der Waals surface area contributed by atoms with Crippen molar-refractivity contribution >= 4 is 28.4 Å². The normalized spacial score (nSPS) is 19.4. The minimum atomic E-state index is -0.975. The van der Waals surface area contributed by atoms with Crippen LogP contribution in [0.4, 0.5) is 5.13 Å². The Morgan fingerprint density at radius 3 is 3.00 bits per heavy atom. The number of rotatable bonds is 3. The summed E-state index contributed by atoms with van der Waals surface area (Å²) in [5, 5.41) is 9.44. The van der Waals surface area contributed by atoms with E-state index in [-0.39, 0.29) is 16.8 Å². The third-order valence-corrected chi connectivity index (χ3v) is 3.74. The molecule has 0 aromatic carbocycles. The van der Waals surface area contributed by atoms with Gasteiger partial charge in [0.05, 0.1) is 19.2 Å². The number of carbonyl (C=O) groups is 2.